The van der Waals surface area contributed by atoms with Crippen LogP contribution in [0.5, 0.6) is 0 Å². The molecule has 0 spiro atoms. The number of nitrogens with zero attached hydrogens (tertiary/aromatic N) is 1. The van der Waals surface area contributed by atoms with Crippen LogP contribution >= 0.6 is 23.2 Å². The molecular weight excluding hydrogens is 301 g/mol. The molecule has 6 heteroatoms. The van der Waals surface area contributed by atoms with Crippen molar-refractivity contribution in [3.8, 4) is 0 Å². The van der Waals surface area contributed by atoms with Crippen LogP contribution in [-0.4, -0.2) is 10.7 Å². The van der Waals surface area contributed by atoms with Gasteiger partial charge in [0.1, 0.15) is 0 Å². The molecule has 0 aliphatic rings. The Morgan fingerprint density at radius 2 is 1.75 bits per heavy atom. The first kappa shape index (κ1) is 14.5. The number of nitro groups is 1. The molecule has 0 heterocycles. The van der Waals surface area contributed by atoms with Crippen molar-refractivity contribution in [3.05, 3.63) is 73.8 Å². The monoisotopic (exact) mass is 309 g/mol. The van der Waals surface area contributed by atoms with E-state index in [1.165, 1.54) is 18.2 Å². The Hall–Kier alpha value is -1.91. The van der Waals surface area contributed by atoms with Gasteiger partial charge < -0.3 is 0 Å². The third-order valence-electron chi connectivity index (χ3n) is 2.74. The zero-order valence-electron chi connectivity index (χ0n) is 10.2. The zero-order valence-corrected chi connectivity index (χ0v) is 11.7. The van der Waals surface area contributed by atoms with Crippen LogP contribution < -0.4 is 0 Å². The van der Waals surface area contributed by atoms with E-state index in [4.69, 9.17) is 23.2 Å². The lowest BCUT2D eigenvalue weighted by Gasteiger charge is -2.04. The normalized spacial score (nSPS) is 10.3. The van der Waals surface area contributed by atoms with Gasteiger partial charge in [-0.1, -0.05) is 35.3 Å². The molecule has 0 aliphatic heterocycles. The maximum atomic E-state index is 12.1. The SMILES string of the molecule is O=C(Cc1ccc([N+](=O)[O-])cc1)c1ccc(Cl)cc1Cl. The van der Waals surface area contributed by atoms with Gasteiger partial charge in [0.15, 0.2) is 5.78 Å². The number of rotatable bonds is 4. The highest BCUT2D eigenvalue weighted by atomic mass is 35.5. The maximum Gasteiger partial charge on any atom is 0.269 e. The van der Waals surface area contributed by atoms with E-state index in [0.29, 0.717) is 21.2 Å². The fourth-order valence-electron chi connectivity index (χ4n) is 1.73. The molecule has 2 aromatic rings. The largest absolute Gasteiger partial charge is 0.294 e. The van der Waals surface area contributed by atoms with Crippen molar-refractivity contribution in [2.24, 2.45) is 0 Å². The third kappa shape index (κ3) is 3.35. The second-order valence-electron chi connectivity index (χ2n) is 4.15. The number of nitro benzene ring substituents is 1. The molecule has 0 unspecified atom stereocenters. The van der Waals surface area contributed by atoms with Crippen LogP contribution in [-0.2, 0) is 6.42 Å². The maximum absolute atomic E-state index is 12.1. The standard InChI is InChI=1S/C14H9Cl2NO3/c15-10-3-6-12(13(16)8-10)14(18)7-9-1-4-11(5-2-9)17(19)20/h1-6,8H,7H2. The molecule has 0 saturated heterocycles. The molecule has 0 aromatic heterocycles. The Balaban J connectivity index is 2.17. The lowest BCUT2D eigenvalue weighted by molar-refractivity contribution is -0.384. The highest BCUT2D eigenvalue weighted by Gasteiger charge is 2.12. The van der Waals surface area contributed by atoms with E-state index in [2.05, 4.69) is 0 Å². The van der Waals surface area contributed by atoms with Gasteiger partial charge in [-0.15, -0.1) is 0 Å². The quantitative estimate of drug-likeness (QED) is 0.480. The summed E-state index contributed by atoms with van der Waals surface area (Å²) in [7, 11) is 0. The molecule has 0 saturated carbocycles. The third-order valence-corrected chi connectivity index (χ3v) is 3.29. The first-order valence-electron chi connectivity index (χ1n) is 5.69. The molecule has 102 valence electrons. The van der Waals surface area contributed by atoms with Gasteiger partial charge in [-0.2, -0.15) is 0 Å². The number of non-ortho nitro benzene ring substituents is 1. The van der Waals surface area contributed by atoms with Gasteiger partial charge >= 0.3 is 0 Å². The molecular formula is C14H9Cl2NO3. The van der Waals surface area contributed by atoms with E-state index in [1.54, 1.807) is 24.3 Å². The van der Waals surface area contributed by atoms with E-state index >= 15 is 0 Å². The first-order valence-corrected chi connectivity index (χ1v) is 6.44. The van der Waals surface area contributed by atoms with Crippen LogP contribution in [0.4, 0.5) is 5.69 Å². The topological polar surface area (TPSA) is 60.2 Å². The summed E-state index contributed by atoms with van der Waals surface area (Å²) < 4.78 is 0. The molecule has 0 bridgehead atoms. The smallest absolute Gasteiger partial charge is 0.269 e. The molecule has 0 fully saturated rings. The number of ketones is 1. The van der Waals surface area contributed by atoms with Crippen LogP contribution in [0.2, 0.25) is 10.0 Å². The van der Waals surface area contributed by atoms with Crippen molar-refractivity contribution < 1.29 is 9.72 Å². The Bertz CT molecular complexity index is 669. The van der Waals surface area contributed by atoms with E-state index in [1.807, 2.05) is 0 Å². The molecule has 2 rings (SSSR count). The molecule has 4 nitrogen and oxygen atoms in total. The number of benzene rings is 2. The Morgan fingerprint density at radius 3 is 2.30 bits per heavy atom. The van der Waals surface area contributed by atoms with Gasteiger partial charge in [-0.3, -0.25) is 14.9 Å². The summed E-state index contributed by atoms with van der Waals surface area (Å²) in [4.78, 5) is 22.2. The number of halogens is 2. The van der Waals surface area contributed by atoms with Crippen molar-refractivity contribution in [3.63, 3.8) is 0 Å². The second kappa shape index (κ2) is 6.03. The Labute approximate surface area is 125 Å². The second-order valence-corrected chi connectivity index (χ2v) is 4.99. The van der Waals surface area contributed by atoms with Gasteiger partial charge in [0.2, 0.25) is 0 Å². The first-order chi connectivity index (χ1) is 9.47. The highest BCUT2D eigenvalue weighted by molar-refractivity contribution is 6.36. The van der Waals surface area contributed by atoms with E-state index in [0.717, 1.165) is 0 Å². The molecule has 0 aliphatic carbocycles. The summed E-state index contributed by atoms with van der Waals surface area (Å²) in [6, 6.07) is 10.5. The number of hydrogen-bond donors (Lipinski definition) is 0. The van der Waals surface area contributed by atoms with Gasteiger partial charge in [-0.25, -0.2) is 0 Å². The number of hydrogen-bond acceptors (Lipinski definition) is 3. The number of carbonyl (C=O) groups is 1. The van der Waals surface area contributed by atoms with Crippen molar-refractivity contribution in [1.29, 1.82) is 0 Å². The molecule has 0 atom stereocenters. The van der Waals surface area contributed by atoms with Gasteiger partial charge in [0.25, 0.3) is 5.69 Å². The van der Waals surface area contributed by atoms with Crippen LogP contribution in [0, 0.1) is 10.1 Å². The predicted molar refractivity (Wildman–Crippen MR) is 77.6 cm³/mol. The van der Waals surface area contributed by atoms with Crippen LogP contribution in [0.25, 0.3) is 0 Å². The van der Waals surface area contributed by atoms with Crippen LogP contribution in [0.1, 0.15) is 15.9 Å². The molecule has 20 heavy (non-hydrogen) atoms. The minimum Gasteiger partial charge on any atom is -0.294 e. The summed E-state index contributed by atoms with van der Waals surface area (Å²) >= 11 is 11.7. The average Bonchev–Trinajstić information content (AvgIpc) is 2.39. The van der Waals surface area contributed by atoms with Crippen molar-refractivity contribution in [1.82, 2.24) is 0 Å². The van der Waals surface area contributed by atoms with Crippen LogP contribution in [0.15, 0.2) is 42.5 Å². The fraction of sp³-hybridized carbons (Fsp3) is 0.0714. The lowest BCUT2D eigenvalue weighted by Crippen LogP contribution is -2.04. The van der Waals surface area contributed by atoms with E-state index in [-0.39, 0.29) is 17.9 Å². The van der Waals surface area contributed by atoms with Crippen LogP contribution in [0.3, 0.4) is 0 Å². The van der Waals surface area contributed by atoms with Crippen molar-refractivity contribution >= 4 is 34.7 Å². The van der Waals surface area contributed by atoms with Gasteiger partial charge in [0.05, 0.1) is 9.95 Å². The van der Waals surface area contributed by atoms with E-state index in [9.17, 15) is 14.9 Å². The molecule has 0 amide bonds. The summed E-state index contributed by atoms with van der Waals surface area (Å²) in [6.07, 6.45) is 0.124. The average molecular weight is 310 g/mol. The fourth-order valence-corrected chi connectivity index (χ4v) is 2.25. The number of Topliss-reactive ketones (excluding diaryl/α,β-unsaturated/α-hetero) is 1. The number of carbonyl (C=O) groups excluding carboxylic acids is 1. The zero-order chi connectivity index (χ0) is 14.7. The van der Waals surface area contributed by atoms with Gasteiger partial charge in [0, 0.05) is 29.1 Å². The van der Waals surface area contributed by atoms with E-state index < -0.39 is 4.92 Å². The minimum atomic E-state index is -0.484. The van der Waals surface area contributed by atoms with Crippen molar-refractivity contribution in [2.45, 2.75) is 6.42 Å². The minimum absolute atomic E-state index is 0.00859. The van der Waals surface area contributed by atoms with Gasteiger partial charge in [-0.05, 0) is 23.8 Å². The van der Waals surface area contributed by atoms with Crippen molar-refractivity contribution in [2.75, 3.05) is 0 Å². The highest BCUT2D eigenvalue weighted by Crippen LogP contribution is 2.23. The molecule has 0 radical (unpaired) electrons. The summed E-state index contributed by atoms with van der Waals surface area (Å²) in [5.74, 6) is -0.166. The molecule has 2 aromatic carbocycles. The Morgan fingerprint density at radius 1 is 1.10 bits per heavy atom. The predicted octanol–water partition coefficient (Wildman–Crippen LogP) is 4.33. The summed E-state index contributed by atoms with van der Waals surface area (Å²) in [5, 5.41) is 11.3. The Kier molecular flexibility index (Phi) is 4.37. The summed E-state index contributed by atoms with van der Waals surface area (Å²) in [6.45, 7) is 0. The molecule has 0 N–H and O–H groups in total. The summed E-state index contributed by atoms with van der Waals surface area (Å²) in [5.41, 5.74) is 1.06. The lowest BCUT2D eigenvalue weighted by atomic mass is 10.0.